The zero-order chi connectivity index (χ0) is 41.6. The molecule has 6 rings (SSSR count). The molecule has 2 aromatic heterocycles. The molecule has 306 valence electrons. The van der Waals surface area contributed by atoms with Crippen LogP contribution in [-0.4, -0.2) is 92.1 Å². The van der Waals surface area contributed by atoms with Crippen molar-refractivity contribution in [3.8, 4) is 34.4 Å². The molecule has 2 bridgehead atoms. The van der Waals surface area contributed by atoms with Crippen LogP contribution in [0.25, 0.3) is 32.9 Å². The second-order valence-corrected chi connectivity index (χ2v) is 23.3. The largest absolute Gasteiger partial charge is 0.480 e. The molecule has 57 heavy (non-hydrogen) atoms. The van der Waals surface area contributed by atoms with Crippen LogP contribution < -0.4 is 14.4 Å². The van der Waals surface area contributed by atoms with E-state index in [2.05, 4.69) is 57.9 Å². The minimum atomic E-state index is -2.30. The highest BCUT2D eigenvalue weighted by Crippen LogP contribution is 2.45. The van der Waals surface area contributed by atoms with E-state index < -0.39 is 25.3 Å². The van der Waals surface area contributed by atoms with Crippen LogP contribution in [0.2, 0.25) is 16.6 Å². The Bertz CT molecular complexity index is 2200. The number of ether oxygens (including phenoxy) is 4. The zero-order valence-electron chi connectivity index (χ0n) is 35.2. The fourth-order valence-corrected chi connectivity index (χ4v) is 14.5. The van der Waals surface area contributed by atoms with Gasteiger partial charge in [-0.25, -0.2) is 28.5 Å². The van der Waals surface area contributed by atoms with E-state index in [1.165, 1.54) is 32.0 Å². The molecule has 1 amide bonds. The van der Waals surface area contributed by atoms with Crippen molar-refractivity contribution in [2.45, 2.75) is 115 Å². The number of pyridine rings is 1. The number of piperazine rings is 1. The minimum absolute atomic E-state index is 0.0133. The minimum Gasteiger partial charge on any atom is -0.480 e. The SMILES string of the molecule is COCOc1cc(-c2nc(OC)c3c(N4CC5CCC(C4)N5C(=O)OC(C)(C)C)nc(SC)nc3c2F)c2c(C#C[Si](C(C)C)(C(C)C)C(C)C)c(F)ccc2c1. The van der Waals surface area contributed by atoms with Gasteiger partial charge in [0.25, 0.3) is 0 Å². The Balaban J connectivity index is 1.58. The van der Waals surface area contributed by atoms with Crippen LogP contribution in [0.1, 0.15) is 80.7 Å². The number of fused-ring (bicyclic) bond motifs is 4. The van der Waals surface area contributed by atoms with Crippen LogP contribution in [0, 0.1) is 23.1 Å². The molecule has 2 unspecified atom stereocenters. The number of amides is 1. The molecule has 0 N–H and O–H groups in total. The topological polar surface area (TPSA) is 99.1 Å². The van der Waals surface area contributed by atoms with E-state index in [0.29, 0.717) is 62.6 Å². The predicted octanol–water partition coefficient (Wildman–Crippen LogP) is 9.99. The molecule has 4 heterocycles. The van der Waals surface area contributed by atoms with Crippen LogP contribution in [0.15, 0.2) is 29.4 Å². The standard InChI is InChI=1S/C43H55F2N5O5SSi/c1-24(2)57(25(3)4,26(5)6)18-17-31-33(44)16-13-27-19-30(54-23-52-10)20-32(34(27)31)37-36(45)38-35(40(46-37)53-11)39(48-41(47-38)56-12)49-21-28-14-15-29(22-49)50(28)42(51)55-43(7,8)9/h13,16,19-20,24-26,28-29H,14-15,21-23H2,1-12H3. The molecular weight excluding hydrogens is 765 g/mol. The average Bonchev–Trinajstić information content (AvgIpc) is 3.42. The second kappa shape index (κ2) is 16.6. The molecule has 0 spiro atoms. The van der Waals surface area contributed by atoms with Gasteiger partial charge in [-0.1, -0.05) is 65.3 Å². The Labute approximate surface area is 340 Å². The fraction of sp³-hybridized carbons (Fsp3) is 0.535. The summed E-state index contributed by atoms with van der Waals surface area (Å²) in [6, 6.07) is 6.21. The summed E-state index contributed by atoms with van der Waals surface area (Å²) in [5.41, 5.74) is 4.36. The molecule has 0 radical (unpaired) electrons. The van der Waals surface area contributed by atoms with E-state index in [1.54, 1.807) is 18.2 Å². The molecule has 0 saturated carbocycles. The summed E-state index contributed by atoms with van der Waals surface area (Å²) in [7, 11) is 0.685. The number of aromatic nitrogens is 3. The summed E-state index contributed by atoms with van der Waals surface area (Å²) >= 11 is 1.29. The number of benzene rings is 2. The first-order valence-corrected chi connectivity index (χ1v) is 23.1. The van der Waals surface area contributed by atoms with Crippen molar-refractivity contribution in [3.05, 3.63) is 41.5 Å². The number of rotatable bonds is 10. The molecule has 2 atom stereocenters. The average molecular weight is 820 g/mol. The van der Waals surface area contributed by atoms with Gasteiger partial charge in [-0.2, -0.15) is 0 Å². The van der Waals surface area contributed by atoms with Crippen LogP contribution >= 0.6 is 11.8 Å². The van der Waals surface area contributed by atoms with Gasteiger partial charge in [-0.05, 0) is 80.1 Å². The third-order valence-corrected chi connectivity index (χ3v) is 18.2. The number of anilines is 1. The molecule has 2 aliphatic heterocycles. The maximum absolute atomic E-state index is 17.6. The number of hydrogen-bond donors (Lipinski definition) is 0. The Hall–Kier alpha value is -4.19. The van der Waals surface area contributed by atoms with Gasteiger partial charge < -0.3 is 23.8 Å². The summed E-state index contributed by atoms with van der Waals surface area (Å²) < 4.78 is 56.6. The van der Waals surface area contributed by atoms with Gasteiger partial charge >= 0.3 is 6.09 Å². The van der Waals surface area contributed by atoms with Crippen LogP contribution in [0.3, 0.4) is 0 Å². The predicted molar refractivity (Wildman–Crippen MR) is 226 cm³/mol. The maximum atomic E-state index is 17.6. The van der Waals surface area contributed by atoms with E-state index >= 15 is 8.78 Å². The summed E-state index contributed by atoms with van der Waals surface area (Å²) in [5, 5.41) is 1.68. The zero-order valence-corrected chi connectivity index (χ0v) is 37.0. The van der Waals surface area contributed by atoms with Crippen LogP contribution in [-0.2, 0) is 9.47 Å². The fourth-order valence-electron chi connectivity index (χ4n) is 8.97. The van der Waals surface area contributed by atoms with Crippen molar-refractivity contribution < 1.29 is 32.5 Å². The van der Waals surface area contributed by atoms with Crippen LogP contribution in [0.4, 0.5) is 19.4 Å². The van der Waals surface area contributed by atoms with E-state index in [9.17, 15) is 4.79 Å². The second-order valence-electron chi connectivity index (χ2n) is 16.9. The lowest BCUT2D eigenvalue weighted by atomic mass is 9.95. The number of halogens is 2. The van der Waals surface area contributed by atoms with Crippen molar-refractivity contribution in [2.24, 2.45) is 0 Å². The Morgan fingerprint density at radius 1 is 0.965 bits per heavy atom. The monoisotopic (exact) mass is 819 g/mol. The number of methoxy groups -OCH3 is 2. The lowest BCUT2D eigenvalue weighted by Gasteiger charge is -2.42. The molecule has 10 nitrogen and oxygen atoms in total. The quantitative estimate of drug-likeness (QED) is 0.0506. The maximum Gasteiger partial charge on any atom is 0.410 e. The van der Waals surface area contributed by atoms with Gasteiger partial charge in [0, 0.05) is 31.1 Å². The summed E-state index contributed by atoms with van der Waals surface area (Å²) in [6.45, 7) is 19.7. The molecule has 14 heteroatoms. The molecule has 2 aliphatic rings. The van der Waals surface area contributed by atoms with Crippen LogP contribution in [0.5, 0.6) is 11.6 Å². The van der Waals surface area contributed by atoms with Crippen molar-refractivity contribution in [3.63, 3.8) is 0 Å². The number of hydrogen-bond acceptors (Lipinski definition) is 10. The third kappa shape index (κ3) is 7.99. The Morgan fingerprint density at radius 3 is 2.18 bits per heavy atom. The van der Waals surface area contributed by atoms with Crippen molar-refractivity contribution in [1.29, 1.82) is 0 Å². The normalized spacial score (nSPS) is 17.2. The molecular formula is C43H55F2N5O5SSi. The highest BCUT2D eigenvalue weighted by Gasteiger charge is 2.46. The van der Waals surface area contributed by atoms with Gasteiger partial charge in [0.2, 0.25) is 5.88 Å². The van der Waals surface area contributed by atoms with Gasteiger partial charge in [-0.15, -0.1) is 5.54 Å². The number of carbonyl (C=O) groups is 1. The number of nitrogens with zero attached hydrogens (tertiary/aromatic N) is 5. The Kier molecular flexibility index (Phi) is 12.3. The Morgan fingerprint density at radius 2 is 1.61 bits per heavy atom. The van der Waals surface area contributed by atoms with Crippen molar-refractivity contribution in [1.82, 2.24) is 19.9 Å². The van der Waals surface area contributed by atoms with Crippen molar-refractivity contribution in [2.75, 3.05) is 45.3 Å². The molecule has 2 fully saturated rings. The molecule has 4 aromatic rings. The highest BCUT2D eigenvalue weighted by atomic mass is 32.2. The lowest BCUT2D eigenvalue weighted by molar-refractivity contribution is 0.0122. The number of carbonyl (C=O) groups excluding carboxylic acids is 1. The first-order valence-electron chi connectivity index (χ1n) is 19.6. The third-order valence-electron chi connectivity index (χ3n) is 11.4. The van der Waals surface area contributed by atoms with Gasteiger partial charge in [0.15, 0.2) is 17.8 Å². The van der Waals surface area contributed by atoms with E-state index in [0.717, 1.165) is 12.8 Å². The molecule has 2 saturated heterocycles. The van der Waals surface area contributed by atoms with E-state index in [1.807, 2.05) is 31.9 Å². The van der Waals surface area contributed by atoms with Gasteiger partial charge in [0.1, 0.15) is 47.7 Å². The summed E-state index contributed by atoms with van der Waals surface area (Å²) in [5.74, 6) is 3.05. The van der Waals surface area contributed by atoms with E-state index in [4.69, 9.17) is 33.9 Å². The van der Waals surface area contributed by atoms with E-state index in [-0.39, 0.29) is 53.2 Å². The summed E-state index contributed by atoms with van der Waals surface area (Å²) in [4.78, 5) is 31.6. The van der Waals surface area contributed by atoms with Gasteiger partial charge in [-0.3, -0.25) is 4.90 Å². The van der Waals surface area contributed by atoms with Crippen molar-refractivity contribution >= 4 is 53.4 Å². The van der Waals surface area contributed by atoms with Gasteiger partial charge in [0.05, 0.1) is 24.8 Å². The first-order chi connectivity index (χ1) is 26.9. The molecule has 2 aromatic carbocycles. The number of thioether (sulfide) groups is 1. The first kappa shape index (κ1) is 42.4. The summed E-state index contributed by atoms with van der Waals surface area (Å²) in [6.07, 6.45) is 3.10. The lowest BCUT2D eigenvalue weighted by Crippen LogP contribution is -2.57. The smallest absolute Gasteiger partial charge is 0.410 e. The molecule has 0 aliphatic carbocycles. The highest BCUT2D eigenvalue weighted by molar-refractivity contribution is 7.98.